The molecule has 0 aliphatic carbocycles. The van der Waals surface area contributed by atoms with Crippen LogP contribution in [0.2, 0.25) is 0 Å². The van der Waals surface area contributed by atoms with Crippen molar-refractivity contribution in [3.05, 3.63) is 35.4 Å². The van der Waals surface area contributed by atoms with Crippen molar-refractivity contribution in [3.63, 3.8) is 0 Å². The highest BCUT2D eigenvalue weighted by molar-refractivity contribution is 5.92. The van der Waals surface area contributed by atoms with Gasteiger partial charge in [-0.25, -0.2) is 9.97 Å². The second kappa shape index (κ2) is 7.03. The Morgan fingerprint density at radius 1 is 1.27 bits per heavy atom. The summed E-state index contributed by atoms with van der Waals surface area (Å²) >= 11 is 0. The zero-order valence-corrected chi connectivity index (χ0v) is 15.3. The normalized spacial score (nSPS) is 20.6. The fourth-order valence-electron chi connectivity index (χ4n) is 3.60. The van der Waals surface area contributed by atoms with E-state index in [1.807, 2.05) is 24.0 Å². The summed E-state index contributed by atoms with van der Waals surface area (Å²) in [6.45, 7) is 5.44. The first kappa shape index (κ1) is 17.0. The molecule has 0 spiro atoms. The molecule has 26 heavy (non-hydrogen) atoms. The Kier molecular flexibility index (Phi) is 4.58. The van der Waals surface area contributed by atoms with Gasteiger partial charge in [-0.15, -0.1) is 0 Å². The molecule has 2 aromatic heterocycles. The minimum absolute atomic E-state index is 0.0183. The number of ether oxygens (including phenoxy) is 1. The van der Waals surface area contributed by atoms with Gasteiger partial charge in [-0.3, -0.25) is 9.48 Å². The smallest absolute Gasteiger partial charge is 0.272 e. The van der Waals surface area contributed by atoms with Crippen LogP contribution in [0.5, 0.6) is 0 Å². The maximum absolute atomic E-state index is 12.9. The molecule has 2 aliphatic heterocycles. The average molecular weight is 356 g/mol. The second-order valence-corrected chi connectivity index (χ2v) is 6.88. The van der Waals surface area contributed by atoms with Crippen molar-refractivity contribution in [1.82, 2.24) is 24.6 Å². The molecule has 8 heteroatoms. The zero-order chi connectivity index (χ0) is 18.1. The van der Waals surface area contributed by atoms with Gasteiger partial charge in [0.05, 0.1) is 24.5 Å². The number of hydrogen-bond donors (Lipinski definition) is 0. The van der Waals surface area contributed by atoms with Crippen molar-refractivity contribution >= 4 is 11.9 Å². The number of carbonyl (C=O) groups is 1. The van der Waals surface area contributed by atoms with Gasteiger partial charge in [0.15, 0.2) is 0 Å². The molecule has 2 aromatic rings. The van der Waals surface area contributed by atoms with Crippen LogP contribution in [-0.2, 0) is 11.8 Å². The Balaban J connectivity index is 1.51. The van der Waals surface area contributed by atoms with Gasteiger partial charge in [-0.05, 0) is 31.9 Å². The lowest BCUT2D eigenvalue weighted by Crippen LogP contribution is -2.43. The predicted molar refractivity (Wildman–Crippen MR) is 96.0 cm³/mol. The molecule has 2 aliphatic rings. The van der Waals surface area contributed by atoms with Gasteiger partial charge in [0.1, 0.15) is 11.8 Å². The summed E-state index contributed by atoms with van der Waals surface area (Å²) in [5.74, 6) is 0.740. The molecule has 4 rings (SSSR count). The van der Waals surface area contributed by atoms with Crippen LogP contribution in [0.1, 0.15) is 40.8 Å². The van der Waals surface area contributed by atoms with Gasteiger partial charge in [0, 0.05) is 32.9 Å². The molecule has 1 atom stereocenters. The first-order valence-electron chi connectivity index (χ1n) is 9.11. The number of hydrogen-bond acceptors (Lipinski definition) is 6. The summed E-state index contributed by atoms with van der Waals surface area (Å²) in [4.78, 5) is 26.0. The maximum Gasteiger partial charge on any atom is 0.272 e. The number of amides is 1. The number of anilines is 1. The quantitative estimate of drug-likeness (QED) is 0.826. The molecule has 0 aromatic carbocycles. The summed E-state index contributed by atoms with van der Waals surface area (Å²) in [5.41, 5.74) is 2.27. The Morgan fingerprint density at radius 2 is 2.08 bits per heavy atom. The van der Waals surface area contributed by atoms with E-state index in [0.717, 1.165) is 30.4 Å². The lowest BCUT2D eigenvalue weighted by Gasteiger charge is -2.32. The number of aryl methyl sites for hydroxylation is 2. The summed E-state index contributed by atoms with van der Waals surface area (Å²) in [6.07, 6.45) is 3.91. The molecule has 1 amide bonds. The molecular formula is C18H24N6O2. The summed E-state index contributed by atoms with van der Waals surface area (Å²) < 4.78 is 7.55. The number of carbonyl (C=O) groups excluding carboxylic acids is 1. The van der Waals surface area contributed by atoms with Gasteiger partial charge < -0.3 is 14.5 Å². The van der Waals surface area contributed by atoms with Crippen LogP contribution in [0, 0.1) is 6.92 Å². The van der Waals surface area contributed by atoms with Crippen LogP contribution in [0.4, 0.5) is 5.95 Å². The van der Waals surface area contributed by atoms with E-state index in [2.05, 4.69) is 15.0 Å². The first-order chi connectivity index (χ1) is 12.6. The third-order valence-electron chi connectivity index (χ3n) is 4.96. The van der Waals surface area contributed by atoms with Crippen molar-refractivity contribution in [2.75, 3.05) is 37.7 Å². The summed E-state index contributed by atoms with van der Waals surface area (Å²) in [5, 5.41) is 4.27. The monoisotopic (exact) mass is 356 g/mol. The third kappa shape index (κ3) is 3.29. The maximum atomic E-state index is 12.9. The predicted octanol–water partition coefficient (Wildman–Crippen LogP) is 1.33. The lowest BCUT2D eigenvalue weighted by molar-refractivity contribution is -0.0250. The Labute approximate surface area is 152 Å². The van der Waals surface area contributed by atoms with Gasteiger partial charge in [0.2, 0.25) is 5.95 Å². The Bertz CT molecular complexity index is 799. The third-order valence-corrected chi connectivity index (χ3v) is 4.96. The molecule has 8 nitrogen and oxygen atoms in total. The number of nitrogens with zero attached hydrogens (tertiary/aromatic N) is 6. The summed E-state index contributed by atoms with van der Waals surface area (Å²) in [7, 11) is 1.80. The van der Waals surface area contributed by atoms with Gasteiger partial charge in [-0.1, -0.05) is 0 Å². The molecule has 2 fully saturated rings. The molecule has 0 unspecified atom stereocenters. The van der Waals surface area contributed by atoms with Crippen LogP contribution < -0.4 is 4.90 Å². The van der Waals surface area contributed by atoms with E-state index in [1.54, 1.807) is 17.9 Å². The van der Waals surface area contributed by atoms with Crippen LogP contribution >= 0.6 is 0 Å². The molecule has 138 valence electrons. The Hall–Kier alpha value is -2.48. The highest BCUT2D eigenvalue weighted by atomic mass is 16.5. The van der Waals surface area contributed by atoms with Crippen molar-refractivity contribution in [3.8, 4) is 0 Å². The van der Waals surface area contributed by atoms with Gasteiger partial charge >= 0.3 is 0 Å². The van der Waals surface area contributed by atoms with E-state index in [0.29, 0.717) is 25.4 Å². The van der Waals surface area contributed by atoms with Crippen molar-refractivity contribution in [2.24, 2.45) is 7.05 Å². The topological polar surface area (TPSA) is 76.4 Å². The van der Waals surface area contributed by atoms with Crippen LogP contribution in [0.25, 0.3) is 0 Å². The molecule has 4 heterocycles. The van der Waals surface area contributed by atoms with Crippen molar-refractivity contribution < 1.29 is 9.53 Å². The highest BCUT2D eigenvalue weighted by Crippen LogP contribution is 2.24. The minimum Gasteiger partial charge on any atom is -0.368 e. The largest absolute Gasteiger partial charge is 0.368 e. The van der Waals surface area contributed by atoms with E-state index in [4.69, 9.17) is 9.72 Å². The first-order valence-corrected chi connectivity index (χ1v) is 9.11. The van der Waals surface area contributed by atoms with E-state index < -0.39 is 0 Å². The fourth-order valence-corrected chi connectivity index (χ4v) is 3.60. The number of rotatable bonds is 3. The number of aromatic nitrogens is 4. The molecule has 0 bridgehead atoms. The van der Waals surface area contributed by atoms with Crippen LogP contribution in [-0.4, -0.2) is 63.3 Å². The zero-order valence-electron chi connectivity index (χ0n) is 15.3. The van der Waals surface area contributed by atoms with Crippen LogP contribution in [0.3, 0.4) is 0 Å². The van der Waals surface area contributed by atoms with Gasteiger partial charge in [-0.2, -0.15) is 5.10 Å². The Morgan fingerprint density at radius 3 is 2.81 bits per heavy atom. The van der Waals surface area contributed by atoms with E-state index in [9.17, 15) is 4.79 Å². The fraction of sp³-hybridized carbons (Fsp3) is 0.556. The standard InChI is InChI=1S/C18H24N6O2/c1-13-11-15(22(2)21-13)17(25)24-9-10-26-16(12-24)14-5-6-19-18(20-14)23-7-3-4-8-23/h5-6,11,16H,3-4,7-10,12H2,1-2H3/t16-/m1/s1. The SMILES string of the molecule is Cc1cc(C(=O)N2CCO[C@@H](c3ccnc(N4CCCC4)n3)C2)n(C)n1. The van der Waals surface area contributed by atoms with E-state index >= 15 is 0 Å². The summed E-state index contributed by atoms with van der Waals surface area (Å²) in [6, 6.07) is 3.70. The van der Waals surface area contributed by atoms with Crippen molar-refractivity contribution in [1.29, 1.82) is 0 Å². The molecule has 0 saturated carbocycles. The second-order valence-electron chi connectivity index (χ2n) is 6.88. The highest BCUT2D eigenvalue weighted by Gasteiger charge is 2.29. The minimum atomic E-state index is -0.230. The van der Waals surface area contributed by atoms with Crippen molar-refractivity contribution in [2.45, 2.75) is 25.9 Å². The molecule has 0 radical (unpaired) electrons. The number of morpholine rings is 1. The average Bonchev–Trinajstić information content (AvgIpc) is 3.31. The van der Waals surface area contributed by atoms with E-state index in [1.165, 1.54) is 12.8 Å². The van der Waals surface area contributed by atoms with Gasteiger partial charge in [0.25, 0.3) is 5.91 Å². The molecule has 2 saturated heterocycles. The van der Waals surface area contributed by atoms with Crippen LogP contribution in [0.15, 0.2) is 18.3 Å². The lowest BCUT2D eigenvalue weighted by atomic mass is 10.2. The molecule has 0 N–H and O–H groups in total. The van der Waals surface area contributed by atoms with E-state index in [-0.39, 0.29) is 12.0 Å². The molecular weight excluding hydrogens is 332 g/mol.